The number of benzene rings is 2. The zero-order chi connectivity index (χ0) is 19.7. The van der Waals surface area contributed by atoms with Gasteiger partial charge in [0.25, 0.3) is 0 Å². The largest absolute Gasteiger partial charge is 0.471 e. The molecule has 4 aromatic rings. The van der Waals surface area contributed by atoms with Gasteiger partial charge in [0, 0.05) is 30.1 Å². The van der Waals surface area contributed by atoms with Crippen LogP contribution in [0.5, 0.6) is 0 Å². The summed E-state index contributed by atoms with van der Waals surface area (Å²) in [6.07, 6.45) is -1.24. The summed E-state index contributed by atoms with van der Waals surface area (Å²) in [5.74, 6) is -1.16. The van der Waals surface area contributed by atoms with Crippen molar-refractivity contribution in [3.8, 4) is 22.8 Å². The molecule has 0 spiro atoms. The topological polar surface area (TPSA) is 56.7 Å². The predicted octanol–water partition coefficient (Wildman–Crippen LogP) is 4.81. The van der Waals surface area contributed by atoms with E-state index in [-0.39, 0.29) is 11.6 Å². The van der Waals surface area contributed by atoms with Crippen LogP contribution in [0.15, 0.2) is 65.4 Å². The smallest absolute Gasteiger partial charge is 0.329 e. The molecule has 0 bridgehead atoms. The maximum Gasteiger partial charge on any atom is 0.471 e. The van der Waals surface area contributed by atoms with Crippen molar-refractivity contribution in [1.82, 2.24) is 19.7 Å². The Morgan fingerprint density at radius 1 is 0.929 bits per heavy atom. The molecule has 9 heteroatoms. The summed E-state index contributed by atoms with van der Waals surface area (Å²) in [4.78, 5) is 7.67. The first-order valence-electron chi connectivity index (χ1n) is 8.17. The lowest BCUT2D eigenvalue weighted by atomic mass is 10.1. The number of imidazole rings is 1. The van der Waals surface area contributed by atoms with E-state index in [0.717, 1.165) is 11.1 Å². The fraction of sp³-hybridized carbons (Fsp3) is 0.105. The zero-order valence-electron chi connectivity index (χ0n) is 14.2. The van der Waals surface area contributed by atoms with Crippen LogP contribution in [-0.2, 0) is 12.7 Å². The van der Waals surface area contributed by atoms with Gasteiger partial charge in [0.15, 0.2) is 0 Å². The Bertz CT molecular complexity index is 1080. The van der Waals surface area contributed by atoms with Crippen molar-refractivity contribution >= 4 is 0 Å². The van der Waals surface area contributed by atoms with Crippen LogP contribution >= 0.6 is 0 Å². The third-order valence-corrected chi connectivity index (χ3v) is 4.05. The Morgan fingerprint density at radius 2 is 1.61 bits per heavy atom. The molecule has 0 saturated heterocycles. The molecule has 0 aliphatic carbocycles. The molecule has 0 radical (unpaired) electrons. The lowest BCUT2D eigenvalue weighted by Crippen LogP contribution is -2.04. The van der Waals surface area contributed by atoms with Crippen LogP contribution in [0.25, 0.3) is 22.8 Å². The number of aromatic nitrogens is 4. The highest BCUT2D eigenvalue weighted by atomic mass is 19.4. The second kappa shape index (κ2) is 6.91. The summed E-state index contributed by atoms with van der Waals surface area (Å²) < 4.78 is 56.9. The molecule has 0 amide bonds. The van der Waals surface area contributed by atoms with Gasteiger partial charge in [-0.25, -0.2) is 9.37 Å². The Labute approximate surface area is 156 Å². The molecule has 0 N–H and O–H groups in total. The first kappa shape index (κ1) is 17.9. The molecule has 0 saturated carbocycles. The average Bonchev–Trinajstić information content (AvgIpc) is 3.33. The second-order valence-corrected chi connectivity index (χ2v) is 6.00. The summed E-state index contributed by atoms with van der Waals surface area (Å²) in [7, 11) is 0. The van der Waals surface area contributed by atoms with Crippen molar-refractivity contribution in [2.24, 2.45) is 0 Å². The van der Waals surface area contributed by atoms with E-state index < -0.39 is 12.1 Å². The minimum atomic E-state index is -4.68. The summed E-state index contributed by atoms with van der Waals surface area (Å²) in [6.45, 7) is 0.479. The van der Waals surface area contributed by atoms with Gasteiger partial charge in [-0.05, 0) is 29.8 Å². The van der Waals surface area contributed by atoms with Crippen molar-refractivity contribution in [1.29, 1.82) is 0 Å². The minimum absolute atomic E-state index is 0.131. The van der Waals surface area contributed by atoms with Crippen LogP contribution in [0.3, 0.4) is 0 Å². The summed E-state index contributed by atoms with van der Waals surface area (Å²) in [5, 5.41) is 3.37. The highest BCUT2D eigenvalue weighted by Gasteiger charge is 2.38. The molecule has 0 atom stereocenters. The maximum atomic E-state index is 13.1. The summed E-state index contributed by atoms with van der Waals surface area (Å²) >= 11 is 0. The van der Waals surface area contributed by atoms with Crippen LogP contribution in [-0.4, -0.2) is 19.7 Å². The summed E-state index contributed by atoms with van der Waals surface area (Å²) in [5.41, 5.74) is 2.08. The quantitative estimate of drug-likeness (QED) is 0.471. The Morgan fingerprint density at radius 3 is 2.25 bits per heavy atom. The molecule has 4 rings (SSSR count). The molecule has 2 aromatic heterocycles. The molecule has 0 unspecified atom stereocenters. The molecular weight excluding hydrogens is 376 g/mol. The lowest BCUT2D eigenvalue weighted by molar-refractivity contribution is -0.159. The molecule has 0 fully saturated rings. The Balaban J connectivity index is 1.54. The van der Waals surface area contributed by atoms with Crippen LogP contribution in [0, 0.1) is 5.82 Å². The van der Waals surface area contributed by atoms with Gasteiger partial charge in [-0.3, -0.25) is 0 Å². The first-order chi connectivity index (χ1) is 13.4. The maximum absolute atomic E-state index is 13.1. The van der Waals surface area contributed by atoms with Crippen LogP contribution in [0.2, 0.25) is 0 Å². The van der Waals surface area contributed by atoms with Crippen molar-refractivity contribution in [2.75, 3.05) is 0 Å². The first-order valence-corrected chi connectivity index (χ1v) is 8.17. The van der Waals surface area contributed by atoms with Crippen molar-refractivity contribution < 1.29 is 22.1 Å². The highest BCUT2D eigenvalue weighted by molar-refractivity contribution is 5.56. The van der Waals surface area contributed by atoms with E-state index in [9.17, 15) is 17.6 Å². The number of nitrogens with zero attached hydrogens (tertiary/aromatic N) is 4. The standard InChI is InChI=1S/C19H12F4N4O/c20-15-7-5-14(6-8-15)17-24-9-10-27(17)11-12-1-3-13(4-2-12)16-25-18(28-26-16)19(21,22)23/h1-10H,11H2. The van der Waals surface area contributed by atoms with Crippen molar-refractivity contribution in [3.05, 3.63) is 78.2 Å². The van der Waals surface area contributed by atoms with Gasteiger partial charge in [0.1, 0.15) is 11.6 Å². The number of halogens is 4. The Hall–Kier alpha value is -3.49. The van der Waals surface area contributed by atoms with Gasteiger partial charge in [-0.15, -0.1) is 0 Å². The van der Waals surface area contributed by atoms with Crippen molar-refractivity contribution in [2.45, 2.75) is 12.7 Å². The van der Waals surface area contributed by atoms with Gasteiger partial charge in [-0.2, -0.15) is 18.2 Å². The average molecular weight is 388 g/mol. The van der Waals surface area contributed by atoms with Gasteiger partial charge in [0.2, 0.25) is 5.82 Å². The molecule has 2 heterocycles. The van der Waals surface area contributed by atoms with Crippen LogP contribution in [0.1, 0.15) is 11.5 Å². The number of hydrogen-bond donors (Lipinski definition) is 0. The third kappa shape index (κ3) is 3.64. The van der Waals surface area contributed by atoms with Gasteiger partial charge >= 0.3 is 12.1 Å². The highest BCUT2D eigenvalue weighted by Crippen LogP contribution is 2.29. The SMILES string of the molecule is Fc1ccc(-c2nccn2Cc2ccc(-c3noc(C(F)(F)F)n3)cc2)cc1. The van der Waals surface area contributed by atoms with E-state index in [1.807, 2.05) is 4.57 Å². The predicted molar refractivity (Wildman–Crippen MR) is 91.5 cm³/mol. The third-order valence-electron chi connectivity index (χ3n) is 4.05. The van der Waals surface area contributed by atoms with Gasteiger partial charge in [0.05, 0.1) is 0 Å². The van der Waals surface area contributed by atoms with E-state index in [1.54, 1.807) is 48.8 Å². The van der Waals surface area contributed by atoms with Crippen LogP contribution in [0.4, 0.5) is 17.6 Å². The van der Waals surface area contributed by atoms with E-state index in [1.165, 1.54) is 12.1 Å². The molecule has 0 aliphatic rings. The second-order valence-electron chi connectivity index (χ2n) is 6.00. The minimum Gasteiger partial charge on any atom is -0.329 e. The molecule has 0 aliphatic heterocycles. The summed E-state index contributed by atoms with van der Waals surface area (Å²) in [6, 6.07) is 12.8. The molecule has 142 valence electrons. The zero-order valence-corrected chi connectivity index (χ0v) is 14.2. The molecular formula is C19H12F4N4O. The Kier molecular flexibility index (Phi) is 4.42. The van der Waals surface area contributed by atoms with E-state index in [2.05, 4.69) is 19.6 Å². The number of alkyl halides is 3. The molecule has 2 aromatic carbocycles. The normalized spacial score (nSPS) is 11.7. The van der Waals surface area contributed by atoms with Gasteiger partial charge < -0.3 is 9.09 Å². The fourth-order valence-corrected chi connectivity index (χ4v) is 2.71. The van der Waals surface area contributed by atoms with Gasteiger partial charge in [-0.1, -0.05) is 29.4 Å². The van der Waals surface area contributed by atoms with E-state index >= 15 is 0 Å². The monoisotopic (exact) mass is 388 g/mol. The number of rotatable bonds is 4. The molecule has 28 heavy (non-hydrogen) atoms. The van der Waals surface area contributed by atoms with Crippen molar-refractivity contribution in [3.63, 3.8) is 0 Å². The van der Waals surface area contributed by atoms with E-state index in [0.29, 0.717) is 17.9 Å². The van der Waals surface area contributed by atoms with Crippen LogP contribution < -0.4 is 0 Å². The molecule has 5 nitrogen and oxygen atoms in total. The lowest BCUT2D eigenvalue weighted by Gasteiger charge is -2.08. The fourth-order valence-electron chi connectivity index (χ4n) is 2.71. The number of hydrogen-bond acceptors (Lipinski definition) is 4. The van der Waals surface area contributed by atoms with E-state index in [4.69, 9.17) is 0 Å².